The van der Waals surface area contributed by atoms with E-state index in [0.29, 0.717) is 11.8 Å². The Kier molecular flexibility index (Phi) is 7.76. The summed E-state index contributed by atoms with van der Waals surface area (Å²) in [4.78, 5) is 10.8. The highest BCUT2D eigenvalue weighted by molar-refractivity contribution is 8.13. The van der Waals surface area contributed by atoms with Gasteiger partial charge in [-0.1, -0.05) is 18.7 Å². The summed E-state index contributed by atoms with van der Waals surface area (Å²) in [7, 11) is 0. The van der Waals surface area contributed by atoms with E-state index in [1.165, 1.54) is 6.92 Å². The van der Waals surface area contributed by atoms with Crippen molar-refractivity contribution >= 4 is 16.9 Å². The van der Waals surface area contributed by atoms with Crippen molar-refractivity contribution in [2.45, 2.75) is 50.6 Å². The maximum atomic E-state index is 13.1. The van der Waals surface area contributed by atoms with Gasteiger partial charge in [0.15, 0.2) is 11.3 Å². The fourth-order valence-electron chi connectivity index (χ4n) is 1.06. The molecule has 0 saturated carbocycles. The molecule has 0 fully saturated rings. The third-order valence-corrected chi connectivity index (χ3v) is 3.28. The van der Waals surface area contributed by atoms with Gasteiger partial charge in [0.25, 0.3) is 0 Å². The minimum absolute atomic E-state index is 0.149. The zero-order chi connectivity index (χ0) is 15.2. The molecule has 0 heterocycles. The quantitative estimate of drug-likeness (QED) is 0.631. The Hall–Kier alpha value is -0.470. The molecule has 3 atom stereocenters. The second kappa shape index (κ2) is 7.96. The first-order valence-corrected chi connectivity index (χ1v) is 6.36. The normalized spacial score (nSPS) is 17.3. The van der Waals surface area contributed by atoms with Gasteiger partial charge in [0.2, 0.25) is 6.17 Å². The number of carbonyl (C=O) groups is 1. The van der Waals surface area contributed by atoms with Crippen LogP contribution in [0.3, 0.4) is 0 Å². The molecule has 0 amide bonds. The maximum Gasteiger partial charge on any atom is 0.340 e. The fraction of sp³-hybridized carbons (Fsp3) is 0.900. The molecule has 19 heavy (non-hydrogen) atoms. The average Bonchev–Trinajstić information content (AvgIpc) is 2.36. The molecule has 3 unspecified atom stereocenters. The summed E-state index contributed by atoms with van der Waals surface area (Å²) in [5, 5.41) is -0.322. The minimum atomic E-state index is -5.24. The topological polar surface area (TPSA) is 17.1 Å². The van der Waals surface area contributed by atoms with Crippen LogP contribution < -0.4 is 0 Å². The highest BCUT2D eigenvalue weighted by atomic mass is 32.2. The van der Waals surface area contributed by atoms with Gasteiger partial charge < -0.3 is 0 Å². The first-order valence-electron chi connectivity index (χ1n) is 5.38. The Labute approximate surface area is 109 Å². The van der Waals surface area contributed by atoms with E-state index < -0.39 is 37.3 Å². The Balaban J connectivity index is 4.32. The van der Waals surface area contributed by atoms with Crippen molar-refractivity contribution < 1.29 is 35.5 Å². The maximum absolute atomic E-state index is 13.1. The van der Waals surface area contributed by atoms with Gasteiger partial charge in [-0.3, -0.25) is 4.79 Å². The first kappa shape index (κ1) is 18.5. The molecule has 9 heteroatoms. The van der Waals surface area contributed by atoms with Crippen LogP contribution in [0.25, 0.3) is 0 Å². The Bertz CT molecular complexity index is 287. The molecule has 0 spiro atoms. The number of hydrogen-bond acceptors (Lipinski definition) is 2. The van der Waals surface area contributed by atoms with Gasteiger partial charge >= 0.3 is 12.3 Å². The number of halogens is 7. The summed E-state index contributed by atoms with van der Waals surface area (Å²) in [5.74, 6) is -5.47. The molecular weight excluding hydrogens is 301 g/mol. The number of hydrogen-bond donors (Lipinski definition) is 0. The summed E-state index contributed by atoms with van der Waals surface area (Å²) in [6.45, 7) is 1.53. The predicted molar refractivity (Wildman–Crippen MR) is 58.0 cm³/mol. The van der Waals surface area contributed by atoms with Crippen molar-refractivity contribution in [3.05, 3.63) is 0 Å². The lowest BCUT2D eigenvalue weighted by molar-refractivity contribution is -0.190. The van der Waals surface area contributed by atoms with E-state index in [9.17, 15) is 35.5 Å². The fourth-order valence-corrected chi connectivity index (χ4v) is 1.84. The molecule has 114 valence electrons. The predicted octanol–water partition coefficient (Wildman–Crippen LogP) is 3.96. The molecule has 0 bridgehead atoms. The highest BCUT2D eigenvalue weighted by Crippen LogP contribution is 2.34. The lowest BCUT2D eigenvalue weighted by atomic mass is 10.0. The molecule has 0 saturated heterocycles. The largest absolute Gasteiger partial charge is 0.340 e. The smallest absolute Gasteiger partial charge is 0.287 e. The summed E-state index contributed by atoms with van der Waals surface area (Å²) >= 11 is 0.644. The van der Waals surface area contributed by atoms with Crippen molar-refractivity contribution in [1.82, 2.24) is 0 Å². The summed E-state index contributed by atoms with van der Waals surface area (Å²) in [6, 6.07) is 0. The van der Waals surface area contributed by atoms with Crippen LogP contribution in [-0.4, -0.2) is 41.7 Å². The second-order valence-corrected chi connectivity index (χ2v) is 4.85. The molecule has 1 nitrogen and oxygen atoms in total. The van der Waals surface area contributed by atoms with Crippen molar-refractivity contribution in [2.75, 3.05) is 5.75 Å². The van der Waals surface area contributed by atoms with E-state index in [1.807, 2.05) is 0 Å². The van der Waals surface area contributed by atoms with Crippen molar-refractivity contribution in [3.8, 4) is 0 Å². The van der Waals surface area contributed by atoms with Gasteiger partial charge in [-0.15, -0.1) is 0 Å². The summed E-state index contributed by atoms with van der Waals surface area (Å²) in [5.41, 5.74) is 0. The molecule has 0 aliphatic carbocycles. The molecule has 0 aromatic carbocycles. The van der Waals surface area contributed by atoms with Gasteiger partial charge in [0.1, 0.15) is 6.17 Å². The Morgan fingerprint density at radius 3 is 2.11 bits per heavy atom. The van der Waals surface area contributed by atoms with E-state index in [0.717, 1.165) is 0 Å². The highest BCUT2D eigenvalue weighted by Gasteiger charge is 2.55. The first-order chi connectivity index (χ1) is 8.64. The van der Waals surface area contributed by atoms with Gasteiger partial charge in [0.05, 0.1) is 0 Å². The van der Waals surface area contributed by atoms with Crippen LogP contribution in [0.2, 0.25) is 0 Å². The molecule has 0 rings (SSSR count). The lowest BCUT2D eigenvalue weighted by Gasteiger charge is -2.24. The van der Waals surface area contributed by atoms with Crippen LogP contribution in [-0.2, 0) is 4.79 Å². The van der Waals surface area contributed by atoms with Crippen molar-refractivity contribution in [2.24, 2.45) is 0 Å². The van der Waals surface area contributed by atoms with E-state index in [4.69, 9.17) is 0 Å². The number of thioether (sulfide) groups is 1. The van der Waals surface area contributed by atoms with E-state index in [-0.39, 0.29) is 17.3 Å². The van der Waals surface area contributed by atoms with Gasteiger partial charge in [-0.2, -0.15) is 8.78 Å². The van der Waals surface area contributed by atoms with Crippen LogP contribution in [0.1, 0.15) is 19.8 Å². The van der Waals surface area contributed by atoms with Gasteiger partial charge in [0, 0.05) is 12.2 Å². The van der Waals surface area contributed by atoms with Crippen molar-refractivity contribution in [1.29, 1.82) is 0 Å². The number of rotatable bonds is 8. The van der Waals surface area contributed by atoms with Crippen molar-refractivity contribution in [3.63, 3.8) is 0 Å². The van der Waals surface area contributed by atoms with E-state index >= 15 is 0 Å². The molecule has 0 radical (unpaired) electrons. The summed E-state index contributed by atoms with van der Waals surface area (Å²) < 4.78 is 87.3. The molecule has 0 N–H and O–H groups in total. The van der Waals surface area contributed by atoms with Crippen LogP contribution in [0, 0.1) is 0 Å². The van der Waals surface area contributed by atoms with Crippen LogP contribution >= 0.6 is 11.8 Å². The minimum Gasteiger partial charge on any atom is -0.287 e. The zero-order valence-corrected chi connectivity index (χ0v) is 10.7. The van der Waals surface area contributed by atoms with E-state index in [2.05, 4.69) is 0 Å². The average molecular weight is 314 g/mol. The standard InChI is InChI=1S/C10H13F7OS/c1-2-6(18)19-4-3-5(11)7(12)8(13)10(16,17)9(14)15/h5,7-9H,2-4H2,1H3. The third-order valence-electron chi connectivity index (χ3n) is 2.23. The monoisotopic (exact) mass is 314 g/mol. The van der Waals surface area contributed by atoms with Crippen LogP contribution in [0.4, 0.5) is 30.7 Å². The Morgan fingerprint density at radius 2 is 1.68 bits per heavy atom. The van der Waals surface area contributed by atoms with E-state index in [1.54, 1.807) is 0 Å². The second-order valence-electron chi connectivity index (χ2n) is 3.70. The van der Waals surface area contributed by atoms with Gasteiger partial charge in [-0.25, -0.2) is 22.0 Å². The van der Waals surface area contributed by atoms with Gasteiger partial charge in [-0.05, 0) is 6.42 Å². The number of carbonyl (C=O) groups excluding carboxylic acids is 1. The number of alkyl halides is 7. The molecular formula is C10H13F7OS. The summed E-state index contributed by atoms with van der Waals surface area (Å²) in [6.07, 6.45) is -14.9. The lowest BCUT2D eigenvalue weighted by Crippen LogP contribution is -2.46. The van der Waals surface area contributed by atoms with Crippen LogP contribution in [0.5, 0.6) is 0 Å². The molecule has 0 aliphatic heterocycles. The van der Waals surface area contributed by atoms with Crippen LogP contribution in [0.15, 0.2) is 0 Å². The Morgan fingerprint density at radius 1 is 1.16 bits per heavy atom. The molecule has 0 aromatic rings. The zero-order valence-electron chi connectivity index (χ0n) is 9.89. The molecule has 0 aliphatic rings. The SMILES string of the molecule is CCC(=O)SCCC(F)C(F)C(F)C(F)(F)C(F)F. The molecule has 0 aromatic heterocycles. The third kappa shape index (κ3) is 5.58.